The summed E-state index contributed by atoms with van der Waals surface area (Å²) in [7, 11) is 5.43. The summed E-state index contributed by atoms with van der Waals surface area (Å²) in [5.41, 5.74) is 2.00. The van der Waals surface area contributed by atoms with Crippen molar-refractivity contribution in [3.63, 3.8) is 0 Å². The Kier molecular flexibility index (Phi) is 4.00. The third kappa shape index (κ3) is 3.28. The second-order valence-corrected chi connectivity index (χ2v) is 5.72. The van der Waals surface area contributed by atoms with Crippen LogP contribution in [0.4, 0.5) is 5.95 Å². The average Bonchev–Trinajstić information content (AvgIpc) is 3.34. The number of tetrazole rings is 1. The molecule has 1 fully saturated rings. The van der Waals surface area contributed by atoms with Crippen molar-refractivity contribution >= 4 is 14.0 Å². The zero-order valence-electron chi connectivity index (χ0n) is 13.6. The van der Waals surface area contributed by atoms with Gasteiger partial charge in [0.2, 0.25) is 11.8 Å². The third-order valence-electron chi connectivity index (χ3n) is 3.85. The van der Waals surface area contributed by atoms with Crippen molar-refractivity contribution in [2.75, 3.05) is 5.32 Å². The summed E-state index contributed by atoms with van der Waals surface area (Å²) in [5.74, 6) is 1.46. The average molecular weight is 334 g/mol. The van der Waals surface area contributed by atoms with E-state index in [2.05, 4.69) is 35.9 Å². The smallest absolute Gasteiger partial charge is 0.374 e. The summed E-state index contributed by atoms with van der Waals surface area (Å²) in [6.45, 7) is 2.59. The Balaban J connectivity index is 1.62. The van der Waals surface area contributed by atoms with Crippen LogP contribution in [0.15, 0.2) is 24.4 Å². The maximum absolute atomic E-state index is 5.43. The van der Waals surface area contributed by atoms with Crippen molar-refractivity contribution < 1.29 is 4.65 Å². The molecule has 1 aliphatic carbocycles. The number of nitrogens with zero attached hydrogens (tertiary/aromatic N) is 7. The lowest BCUT2D eigenvalue weighted by molar-refractivity contribution is 0.552. The van der Waals surface area contributed by atoms with Gasteiger partial charge in [-0.1, -0.05) is 6.07 Å². The lowest BCUT2D eigenvalue weighted by Crippen LogP contribution is -2.06. The van der Waals surface area contributed by atoms with Gasteiger partial charge in [0, 0.05) is 17.2 Å². The van der Waals surface area contributed by atoms with E-state index in [1.54, 1.807) is 12.3 Å². The molecule has 25 heavy (non-hydrogen) atoms. The van der Waals surface area contributed by atoms with Gasteiger partial charge in [0.05, 0.1) is 12.7 Å². The van der Waals surface area contributed by atoms with Crippen molar-refractivity contribution in [1.82, 2.24) is 35.4 Å². The summed E-state index contributed by atoms with van der Waals surface area (Å²) in [5, 5.41) is 23.7. The first-order chi connectivity index (χ1) is 12.3. The summed E-state index contributed by atoms with van der Waals surface area (Å²) < 4.78 is 5.01. The number of hydrogen-bond donors (Lipinski definition) is 1. The van der Waals surface area contributed by atoms with Crippen LogP contribution in [0.5, 0.6) is 5.75 Å². The minimum absolute atomic E-state index is 0.435. The van der Waals surface area contributed by atoms with Gasteiger partial charge in [0.15, 0.2) is 0 Å². The van der Waals surface area contributed by atoms with Crippen LogP contribution in [0, 0.1) is 0 Å². The topological polar surface area (TPSA) is 104 Å². The van der Waals surface area contributed by atoms with Crippen LogP contribution in [0.1, 0.15) is 19.8 Å². The molecule has 0 amide bonds. The second kappa shape index (κ2) is 6.46. The fourth-order valence-electron chi connectivity index (χ4n) is 2.34. The fraction of sp³-hybridized carbons (Fsp3) is 0.333. The minimum atomic E-state index is 0.435. The molecule has 4 rings (SSSR count). The van der Waals surface area contributed by atoms with Gasteiger partial charge < -0.3 is 9.97 Å². The van der Waals surface area contributed by atoms with Crippen molar-refractivity contribution in [2.45, 2.75) is 32.4 Å². The molecular weight excluding hydrogens is 319 g/mol. The summed E-state index contributed by atoms with van der Waals surface area (Å²) in [6, 6.07) is 5.89. The highest BCUT2D eigenvalue weighted by Crippen LogP contribution is 2.32. The van der Waals surface area contributed by atoms with Crippen molar-refractivity contribution in [3.05, 3.63) is 24.4 Å². The van der Waals surface area contributed by atoms with Crippen LogP contribution >= 0.6 is 0 Å². The summed E-state index contributed by atoms with van der Waals surface area (Å²) >= 11 is 0. The molecule has 2 radical (unpaired) electrons. The largest absolute Gasteiger partial charge is 0.567 e. The Morgan fingerprint density at radius 3 is 2.80 bits per heavy atom. The number of hydrogen-bond acceptors (Lipinski definition) is 8. The van der Waals surface area contributed by atoms with Gasteiger partial charge in [-0.15, -0.1) is 20.4 Å². The van der Waals surface area contributed by atoms with E-state index in [4.69, 9.17) is 12.7 Å². The number of nitrogens with one attached hydrogen (secondary N) is 1. The molecule has 3 aromatic rings. The Morgan fingerprint density at radius 1 is 1.28 bits per heavy atom. The molecule has 2 aromatic heterocycles. The minimum Gasteiger partial charge on any atom is -0.567 e. The molecule has 0 atom stereocenters. The number of rotatable bonds is 6. The highest BCUT2D eigenvalue weighted by Gasteiger charge is 2.22. The van der Waals surface area contributed by atoms with E-state index in [1.165, 1.54) is 4.80 Å². The highest BCUT2D eigenvalue weighted by molar-refractivity contribution is 6.00. The standard InChI is InChI=1S/C15H15BN8O/c1-2-24-22-14(20-23-24)9-3-6-11(13(7-9)25-16)12-8-17-15(21-19-12)18-10-4-5-10/h3,6-8,10H,2,4-5H2,1H3,(H,17,18,21). The van der Waals surface area contributed by atoms with E-state index in [1.807, 2.05) is 19.1 Å². The normalized spacial score (nSPS) is 13.6. The van der Waals surface area contributed by atoms with Crippen molar-refractivity contribution in [2.24, 2.45) is 0 Å². The van der Waals surface area contributed by atoms with E-state index in [0.29, 0.717) is 41.4 Å². The first-order valence-corrected chi connectivity index (χ1v) is 8.02. The van der Waals surface area contributed by atoms with Crippen molar-refractivity contribution in [3.8, 4) is 28.4 Å². The molecule has 124 valence electrons. The Morgan fingerprint density at radius 2 is 2.16 bits per heavy atom. The van der Waals surface area contributed by atoms with Crippen LogP contribution in [0.25, 0.3) is 22.6 Å². The van der Waals surface area contributed by atoms with Gasteiger partial charge in [0.25, 0.3) is 0 Å². The van der Waals surface area contributed by atoms with Crippen molar-refractivity contribution in [1.29, 1.82) is 0 Å². The Labute approximate surface area is 145 Å². The van der Waals surface area contributed by atoms with E-state index >= 15 is 0 Å². The van der Waals surface area contributed by atoms with Crippen LogP contribution in [0.2, 0.25) is 0 Å². The molecule has 2 heterocycles. The first-order valence-electron chi connectivity index (χ1n) is 8.02. The molecule has 0 spiro atoms. The maximum Gasteiger partial charge on any atom is 0.374 e. The molecule has 0 saturated heterocycles. The van der Waals surface area contributed by atoms with Gasteiger partial charge in [-0.3, -0.25) is 0 Å². The number of aryl methyl sites for hydroxylation is 1. The van der Waals surface area contributed by atoms with Gasteiger partial charge in [-0.05, 0) is 37.1 Å². The van der Waals surface area contributed by atoms with E-state index in [9.17, 15) is 0 Å². The van der Waals surface area contributed by atoms with Crippen LogP contribution in [0.3, 0.4) is 0 Å². The van der Waals surface area contributed by atoms with Crippen LogP contribution in [-0.4, -0.2) is 49.5 Å². The maximum atomic E-state index is 5.43. The first kappa shape index (κ1) is 15.5. The SMILES string of the molecule is [B]Oc1cc(-c2nnn(CC)n2)ccc1-c1cnc(NC2CC2)nn1. The molecular formula is C15H15BN8O. The summed E-state index contributed by atoms with van der Waals surface area (Å²) in [6.07, 6.45) is 3.93. The van der Waals surface area contributed by atoms with E-state index in [-0.39, 0.29) is 0 Å². The van der Waals surface area contributed by atoms with Crippen LogP contribution in [-0.2, 0) is 6.54 Å². The molecule has 0 aliphatic heterocycles. The predicted molar refractivity (Wildman–Crippen MR) is 90.8 cm³/mol. The number of aromatic nitrogens is 7. The van der Waals surface area contributed by atoms with Gasteiger partial charge >= 0.3 is 8.05 Å². The molecule has 10 heteroatoms. The number of anilines is 1. The molecule has 9 nitrogen and oxygen atoms in total. The Hall–Kier alpha value is -3.04. The molecule has 1 saturated carbocycles. The second-order valence-electron chi connectivity index (χ2n) is 5.72. The molecule has 1 N–H and O–H groups in total. The zero-order chi connectivity index (χ0) is 17.2. The third-order valence-corrected chi connectivity index (χ3v) is 3.85. The monoisotopic (exact) mass is 334 g/mol. The van der Waals surface area contributed by atoms with Gasteiger partial charge in [0.1, 0.15) is 11.4 Å². The highest BCUT2D eigenvalue weighted by atomic mass is 16.4. The molecule has 0 bridgehead atoms. The van der Waals surface area contributed by atoms with Gasteiger partial charge in [-0.2, -0.15) is 4.80 Å². The number of benzene rings is 1. The molecule has 1 aromatic carbocycles. The quantitative estimate of drug-likeness (QED) is 0.672. The lowest BCUT2D eigenvalue weighted by Gasteiger charge is -2.09. The van der Waals surface area contributed by atoms with Crippen LogP contribution < -0.4 is 9.97 Å². The predicted octanol–water partition coefficient (Wildman–Crippen LogP) is 1.25. The fourth-order valence-corrected chi connectivity index (χ4v) is 2.34. The van der Waals surface area contributed by atoms with E-state index < -0.39 is 0 Å². The Bertz CT molecular complexity index is 877. The molecule has 0 unspecified atom stereocenters. The lowest BCUT2D eigenvalue weighted by atomic mass is 10.1. The molecule has 1 aliphatic rings. The van der Waals surface area contributed by atoms with E-state index in [0.717, 1.165) is 18.4 Å². The zero-order valence-corrected chi connectivity index (χ0v) is 13.6. The summed E-state index contributed by atoms with van der Waals surface area (Å²) in [4.78, 5) is 5.79. The van der Waals surface area contributed by atoms with Gasteiger partial charge in [-0.25, -0.2) is 4.98 Å².